The van der Waals surface area contributed by atoms with Gasteiger partial charge in [-0.3, -0.25) is 14.2 Å². The maximum absolute atomic E-state index is 12.4. The number of rotatable bonds is 8. The lowest BCUT2D eigenvalue weighted by Crippen LogP contribution is -2.28. The number of ether oxygens (including phenoxy) is 1. The molecule has 0 radical (unpaired) electrons. The molecule has 1 amide bonds. The van der Waals surface area contributed by atoms with E-state index in [2.05, 4.69) is 10.3 Å². The van der Waals surface area contributed by atoms with Crippen LogP contribution in [0.2, 0.25) is 0 Å². The molecular formula is C21H29N3O3. The van der Waals surface area contributed by atoms with Crippen molar-refractivity contribution < 1.29 is 9.53 Å². The molecule has 1 aromatic heterocycles. The molecule has 1 fully saturated rings. The molecule has 0 saturated heterocycles. The summed E-state index contributed by atoms with van der Waals surface area (Å²) < 4.78 is 7.40. The van der Waals surface area contributed by atoms with E-state index in [9.17, 15) is 9.59 Å². The number of nitrogens with one attached hydrogen (secondary N) is 1. The number of fused-ring (bicyclic) bond motifs is 1. The molecule has 0 atom stereocenters. The lowest BCUT2D eigenvalue weighted by atomic mass is 9.98. The van der Waals surface area contributed by atoms with E-state index in [1.165, 1.54) is 36.7 Å². The zero-order valence-electron chi connectivity index (χ0n) is 16.1. The van der Waals surface area contributed by atoms with Gasteiger partial charge in [0.1, 0.15) is 5.82 Å². The number of amides is 1. The first-order valence-corrected chi connectivity index (χ1v) is 9.98. The van der Waals surface area contributed by atoms with E-state index in [4.69, 9.17) is 4.74 Å². The minimum absolute atomic E-state index is 0.0185. The molecule has 27 heavy (non-hydrogen) atoms. The first-order valence-electron chi connectivity index (χ1n) is 9.98. The van der Waals surface area contributed by atoms with Gasteiger partial charge in [-0.15, -0.1) is 0 Å². The molecule has 6 nitrogen and oxygen atoms in total. The minimum atomic E-state index is -0.0733. The first kappa shape index (κ1) is 19.5. The lowest BCUT2D eigenvalue weighted by molar-refractivity contribution is -0.121. The van der Waals surface area contributed by atoms with Gasteiger partial charge in [-0.25, -0.2) is 4.98 Å². The summed E-state index contributed by atoms with van der Waals surface area (Å²) in [6.45, 7) is 1.32. The van der Waals surface area contributed by atoms with Crippen LogP contribution in [-0.4, -0.2) is 34.7 Å². The number of hydrogen-bond acceptors (Lipinski definition) is 4. The van der Waals surface area contributed by atoms with Crippen molar-refractivity contribution >= 4 is 16.8 Å². The Hall–Kier alpha value is -2.21. The minimum Gasteiger partial charge on any atom is -0.378 e. The molecule has 6 heteroatoms. The van der Waals surface area contributed by atoms with Crippen LogP contribution >= 0.6 is 0 Å². The van der Waals surface area contributed by atoms with E-state index in [1.54, 1.807) is 13.1 Å². The second-order valence-electron chi connectivity index (χ2n) is 7.24. The Labute approximate surface area is 159 Å². The average molecular weight is 371 g/mol. The molecule has 0 bridgehead atoms. The van der Waals surface area contributed by atoms with Gasteiger partial charge in [-0.05, 0) is 31.4 Å². The summed E-state index contributed by atoms with van der Waals surface area (Å²) in [5.41, 5.74) is 0.603. The van der Waals surface area contributed by atoms with Gasteiger partial charge >= 0.3 is 0 Å². The quantitative estimate of drug-likeness (QED) is 0.724. The zero-order chi connectivity index (χ0) is 19.1. The van der Waals surface area contributed by atoms with Gasteiger partial charge in [0.05, 0.1) is 17.0 Å². The monoisotopic (exact) mass is 371 g/mol. The third kappa shape index (κ3) is 5.39. The fraction of sp³-hybridized carbons (Fsp3) is 0.571. The predicted octanol–water partition coefficient (Wildman–Crippen LogP) is 2.72. The third-order valence-corrected chi connectivity index (χ3v) is 5.20. The standard InChI is InChI=1S/C21H29N3O3/c1-24-19(23-18-11-6-5-10-17(18)21(24)26)12-13-20(25)22-14-7-15-27-16-8-3-2-4-9-16/h5-6,10-11,16H,2-4,7-9,12-15H2,1H3,(H,22,25). The number of benzene rings is 1. The topological polar surface area (TPSA) is 73.2 Å². The molecule has 1 aromatic carbocycles. The van der Waals surface area contributed by atoms with E-state index in [1.807, 2.05) is 18.2 Å². The van der Waals surface area contributed by atoms with Crippen molar-refractivity contribution in [2.24, 2.45) is 7.05 Å². The smallest absolute Gasteiger partial charge is 0.261 e. The van der Waals surface area contributed by atoms with Crippen LogP contribution in [0.15, 0.2) is 29.1 Å². The van der Waals surface area contributed by atoms with E-state index < -0.39 is 0 Å². The Morgan fingerprint density at radius 2 is 2.04 bits per heavy atom. The fourth-order valence-electron chi connectivity index (χ4n) is 3.58. The Morgan fingerprint density at radius 3 is 2.85 bits per heavy atom. The number of hydrogen-bond donors (Lipinski definition) is 1. The molecule has 2 aromatic rings. The SMILES string of the molecule is Cn1c(CCC(=O)NCCCOC2CCCCC2)nc2ccccc2c1=O. The summed E-state index contributed by atoms with van der Waals surface area (Å²) in [6, 6.07) is 7.29. The second-order valence-corrected chi connectivity index (χ2v) is 7.24. The fourth-order valence-corrected chi connectivity index (χ4v) is 3.58. The highest BCUT2D eigenvalue weighted by molar-refractivity contribution is 5.78. The van der Waals surface area contributed by atoms with Crippen LogP contribution in [-0.2, 0) is 23.0 Å². The maximum Gasteiger partial charge on any atom is 0.261 e. The van der Waals surface area contributed by atoms with Gasteiger partial charge < -0.3 is 10.1 Å². The zero-order valence-corrected chi connectivity index (χ0v) is 16.1. The molecule has 1 N–H and O–H groups in total. The van der Waals surface area contributed by atoms with Gasteiger partial charge in [0.25, 0.3) is 5.56 Å². The molecule has 0 aliphatic heterocycles. The van der Waals surface area contributed by atoms with Crippen LogP contribution in [0, 0.1) is 0 Å². The Bertz CT molecular complexity index is 825. The number of carbonyl (C=O) groups excluding carboxylic acids is 1. The van der Waals surface area contributed by atoms with Crippen LogP contribution in [0.25, 0.3) is 10.9 Å². The van der Waals surface area contributed by atoms with Crippen molar-refractivity contribution in [2.45, 2.75) is 57.5 Å². The predicted molar refractivity (Wildman–Crippen MR) is 106 cm³/mol. The van der Waals surface area contributed by atoms with Crippen molar-refractivity contribution in [2.75, 3.05) is 13.2 Å². The number of aromatic nitrogens is 2. The van der Waals surface area contributed by atoms with Crippen LogP contribution in [0.4, 0.5) is 0 Å². The van der Waals surface area contributed by atoms with Crippen molar-refractivity contribution in [3.8, 4) is 0 Å². The van der Waals surface area contributed by atoms with Crippen LogP contribution < -0.4 is 10.9 Å². The molecule has 0 spiro atoms. The Morgan fingerprint density at radius 1 is 1.26 bits per heavy atom. The maximum atomic E-state index is 12.4. The number of nitrogens with zero attached hydrogens (tertiary/aromatic N) is 2. The highest BCUT2D eigenvalue weighted by Crippen LogP contribution is 2.20. The van der Waals surface area contributed by atoms with Crippen molar-refractivity contribution in [1.82, 2.24) is 14.9 Å². The summed E-state index contributed by atoms with van der Waals surface area (Å²) in [6.07, 6.45) is 8.22. The summed E-state index contributed by atoms with van der Waals surface area (Å²) >= 11 is 0. The van der Waals surface area contributed by atoms with E-state index in [-0.39, 0.29) is 11.5 Å². The molecule has 3 rings (SSSR count). The Balaban J connectivity index is 1.41. The lowest BCUT2D eigenvalue weighted by Gasteiger charge is -2.21. The first-order chi connectivity index (χ1) is 13.1. The Kier molecular flexibility index (Phi) is 6.98. The number of para-hydroxylation sites is 1. The molecule has 1 saturated carbocycles. The van der Waals surface area contributed by atoms with Gasteiger partial charge in [0, 0.05) is 33.0 Å². The molecule has 1 heterocycles. The second kappa shape index (κ2) is 9.65. The highest BCUT2D eigenvalue weighted by atomic mass is 16.5. The van der Waals surface area contributed by atoms with E-state index >= 15 is 0 Å². The summed E-state index contributed by atoms with van der Waals surface area (Å²) in [5.74, 6) is 0.615. The molecule has 1 aliphatic rings. The van der Waals surface area contributed by atoms with Crippen molar-refractivity contribution in [3.05, 3.63) is 40.4 Å². The van der Waals surface area contributed by atoms with Crippen molar-refractivity contribution in [3.63, 3.8) is 0 Å². The largest absolute Gasteiger partial charge is 0.378 e. The van der Waals surface area contributed by atoms with Crippen LogP contribution in [0.5, 0.6) is 0 Å². The molecule has 1 aliphatic carbocycles. The molecule has 0 unspecified atom stereocenters. The number of aryl methyl sites for hydroxylation is 1. The summed E-state index contributed by atoms with van der Waals surface area (Å²) in [4.78, 5) is 29.0. The van der Waals surface area contributed by atoms with Crippen LogP contribution in [0.3, 0.4) is 0 Å². The van der Waals surface area contributed by atoms with Gasteiger partial charge in [0.2, 0.25) is 5.91 Å². The van der Waals surface area contributed by atoms with E-state index in [0.717, 1.165) is 6.42 Å². The highest BCUT2D eigenvalue weighted by Gasteiger charge is 2.13. The molecular weight excluding hydrogens is 342 g/mol. The third-order valence-electron chi connectivity index (χ3n) is 5.20. The summed E-state index contributed by atoms with van der Waals surface area (Å²) in [7, 11) is 1.71. The van der Waals surface area contributed by atoms with Crippen LogP contribution in [0.1, 0.15) is 50.8 Å². The van der Waals surface area contributed by atoms with Gasteiger partial charge in [-0.1, -0.05) is 31.4 Å². The average Bonchev–Trinajstić information content (AvgIpc) is 2.70. The summed E-state index contributed by atoms with van der Waals surface area (Å²) in [5, 5.41) is 3.53. The number of carbonyl (C=O) groups is 1. The van der Waals surface area contributed by atoms with Gasteiger partial charge in [0.15, 0.2) is 0 Å². The van der Waals surface area contributed by atoms with E-state index in [0.29, 0.717) is 48.8 Å². The van der Waals surface area contributed by atoms with Crippen molar-refractivity contribution in [1.29, 1.82) is 0 Å². The molecule has 146 valence electrons. The van der Waals surface area contributed by atoms with Gasteiger partial charge in [-0.2, -0.15) is 0 Å². The normalized spacial score (nSPS) is 15.1.